The van der Waals surface area contributed by atoms with Gasteiger partial charge in [-0.2, -0.15) is 0 Å². The predicted molar refractivity (Wildman–Crippen MR) is 101 cm³/mol. The number of carbonyl (C=O) groups is 3. The fraction of sp³-hybridized carbons (Fsp3) is 0.211. The van der Waals surface area contributed by atoms with Gasteiger partial charge in [0.05, 0.1) is 16.1 Å². The number of nitro groups is 1. The van der Waals surface area contributed by atoms with Crippen LogP contribution >= 0.6 is 0 Å². The molecular formula is C19H18N4O5. The molecule has 0 saturated heterocycles. The number of hydrogen-bond donors (Lipinski definition) is 2. The molecule has 0 spiro atoms. The summed E-state index contributed by atoms with van der Waals surface area (Å²) in [4.78, 5) is 48.0. The Bertz CT molecular complexity index is 908. The number of anilines is 1. The van der Waals surface area contributed by atoms with Gasteiger partial charge in [-0.3, -0.25) is 29.4 Å². The lowest BCUT2D eigenvalue weighted by Crippen LogP contribution is -2.35. The third kappa shape index (κ3) is 3.98. The van der Waals surface area contributed by atoms with Crippen molar-refractivity contribution in [3.8, 4) is 0 Å². The Morgan fingerprint density at radius 2 is 1.57 bits per heavy atom. The molecule has 2 N–H and O–H groups in total. The summed E-state index contributed by atoms with van der Waals surface area (Å²) in [6, 6.07) is 12.8. The molecule has 0 radical (unpaired) electrons. The van der Waals surface area contributed by atoms with Gasteiger partial charge >= 0.3 is 0 Å². The number of amides is 3. The van der Waals surface area contributed by atoms with Crippen LogP contribution in [0.5, 0.6) is 0 Å². The fourth-order valence-electron chi connectivity index (χ4n) is 2.93. The number of benzene rings is 2. The standard InChI is InChI=1S/C19H18N4O5/c24-17(21-11-10-20-15-7-3-4-8-16(15)23(27)28)9-12-22-18(25)13-5-1-2-6-14(13)19(22)26/h1-8,20H,9-12H2,(H,21,24). The van der Waals surface area contributed by atoms with Gasteiger partial charge in [0.15, 0.2) is 0 Å². The van der Waals surface area contributed by atoms with Gasteiger partial charge in [-0.15, -0.1) is 0 Å². The second kappa shape index (κ2) is 8.30. The van der Waals surface area contributed by atoms with Crippen molar-refractivity contribution in [1.82, 2.24) is 10.2 Å². The average Bonchev–Trinajstić information content (AvgIpc) is 2.94. The number of nitrogens with zero attached hydrogens (tertiary/aromatic N) is 2. The Balaban J connectivity index is 1.43. The van der Waals surface area contributed by atoms with Crippen LogP contribution in [0.15, 0.2) is 48.5 Å². The maximum atomic E-state index is 12.2. The molecule has 0 aromatic heterocycles. The Morgan fingerprint density at radius 3 is 2.21 bits per heavy atom. The van der Waals surface area contributed by atoms with Crippen LogP contribution in [0, 0.1) is 10.1 Å². The number of rotatable bonds is 8. The van der Waals surface area contributed by atoms with Crippen LogP contribution in [0.1, 0.15) is 27.1 Å². The molecule has 1 heterocycles. The summed E-state index contributed by atoms with van der Waals surface area (Å²) in [5.74, 6) is -1.11. The van der Waals surface area contributed by atoms with Gasteiger partial charge in [-0.25, -0.2) is 0 Å². The van der Waals surface area contributed by atoms with E-state index in [1.54, 1.807) is 42.5 Å². The molecule has 3 amide bonds. The third-order valence-electron chi connectivity index (χ3n) is 4.30. The van der Waals surface area contributed by atoms with Gasteiger partial charge in [0.1, 0.15) is 5.69 Å². The number of hydrogen-bond acceptors (Lipinski definition) is 6. The SMILES string of the molecule is O=C(CCN1C(=O)c2ccccc2C1=O)NCCNc1ccccc1[N+](=O)[O-]. The predicted octanol–water partition coefficient (Wildman–Crippen LogP) is 1.81. The molecule has 2 aromatic rings. The number of para-hydroxylation sites is 2. The molecule has 9 nitrogen and oxygen atoms in total. The molecule has 1 aliphatic rings. The molecule has 0 bridgehead atoms. The molecule has 0 aliphatic carbocycles. The van der Waals surface area contributed by atoms with Crippen LogP contribution in [-0.4, -0.2) is 47.2 Å². The maximum absolute atomic E-state index is 12.2. The number of nitrogens with one attached hydrogen (secondary N) is 2. The normalized spacial score (nSPS) is 12.6. The molecule has 3 rings (SSSR count). The second-order valence-corrected chi connectivity index (χ2v) is 6.11. The first-order valence-corrected chi connectivity index (χ1v) is 8.68. The van der Waals surface area contributed by atoms with Crippen molar-refractivity contribution in [3.63, 3.8) is 0 Å². The molecule has 9 heteroatoms. The van der Waals surface area contributed by atoms with Crippen LogP contribution in [-0.2, 0) is 4.79 Å². The van der Waals surface area contributed by atoms with Crippen LogP contribution in [0.2, 0.25) is 0 Å². The van der Waals surface area contributed by atoms with Crippen molar-refractivity contribution in [3.05, 3.63) is 69.8 Å². The lowest BCUT2D eigenvalue weighted by Gasteiger charge is -2.13. The van der Waals surface area contributed by atoms with E-state index in [9.17, 15) is 24.5 Å². The minimum atomic E-state index is -0.483. The molecule has 0 saturated carbocycles. The van der Waals surface area contributed by atoms with Crippen molar-refractivity contribution >= 4 is 29.1 Å². The second-order valence-electron chi connectivity index (χ2n) is 6.11. The molecule has 0 fully saturated rings. The summed E-state index contributed by atoms with van der Waals surface area (Å²) in [6.45, 7) is 0.534. The molecule has 144 valence electrons. The van der Waals surface area contributed by atoms with Gasteiger partial charge in [0.2, 0.25) is 5.91 Å². The summed E-state index contributed by atoms with van der Waals surface area (Å²) in [6.07, 6.45) is -0.0169. The van der Waals surface area contributed by atoms with Gasteiger partial charge in [-0.05, 0) is 18.2 Å². The topological polar surface area (TPSA) is 122 Å². The van der Waals surface area contributed by atoms with E-state index in [1.807, 2.05) is 0 Å². The number of nitro benzene ring substituents is 1. The highest BCUT2D eigenvalue weighted by Gasteiger charge is 2.34. The smallest absolute Gasteiger partial charge is 0.292 e. The van der Waals surface area contributed by atoms with Crippen molar-refractivity contribution < 1.29 is 19.3 Å². The van der Waals surface area contributed by atoms with Gasteiger partial charge in [0.25, 0.3) is 17.5 Å². The van der Waals surface area contributed by atoms with Gasteiger partial charge in [-0.1, -0.05) is 24.3 Å². The summed E-state index contributed by atoms with van der Waals surface area (Å²) < 4.78 is 0. The monoisotopic (exact) mass is 382 g/mol. The Kier molecular flexibility index (Phi) is 5.64. The van der Waals surface area contributed by atoms with Crippen molar-refractivity contribution in [1.29, 1.82) is 0 Å². The highest BCUT2D eigenvalue weighted by molar-refractivity contribution is 6.21. The van der Waals surface area contributed by atoms with Crippen molar-refractivity contribution in [2.24, 2.45) is 0 Å². The molecule has 0 unspecified atom stereocenters. The summed E-state index contributed by atoms with van der Waals surface area (Å²) in [5, 5.41) is 16.5. The van der Waals surface area contributed by atoms with E-state index in [4.69, 9.17) is 0 Å². The van der Waals surface area contributed by atoms with E-state index >= 15 is 0 Å². The summed E-state index contributed by atoms with van der Waals surface area (Å²) in [5.41, 5.74) is 1.02. The van der Waals surface area contributed by atoms with Crippen molar-refractivity contribution in [2.75, 3.05) is 25.0 Å². The minimum Gasteiger partial charge on any atom is -0.378 e. The van der Waals surface area contributed by atoms with Crippen LogP contribution in [0.3, 0.4) is 0 Å². The molecular weight excluding hydrogens is 364 g/mol. The van der Waals surface area contributed by atoms with E-state index in [-0.39, 0.29) is 31.1 Å². The first-order valence-electron chi connectivity index (χ1n) is 8.68. The number of carbonyl (C=O) groups excluding carboxylic acids is 3. The Morgan fingerprint density at radius 1 is 0.964 bits per heavy atom. The molecule has 28 heavy (non-hydrogen) atoms. The van der Waals surface area contributed by atoms with Crippen LogP contribution in [0.25, 0.3) is 0 Å². The summed E-state index contributed by atoms with van der Waals surface area (Å²) >= 11 is 0. The fourth-order valence-corrected chi connectivity index (χ4v) is 2.93. The van der Waals surface area contributed by atoms with E-state index in [1.165, 1.54) is 6.07 Å². The first kappa shape index (κ1) is 19.0. The van der Waals surface area contributed by atoms with Gasteiger partial charge in [0, 0.05) is 32.1 Å². The zero-order valence-electron chi connectivity index (χ0n) is 14.9. The number of fused-ring (bicyclic) bond motifs is 1. The first-order chi connectivity index (χ1) is 13.5. The highest BCUT2D eigenvalue weighted by Crippen LogP contribution is 2.23. The van der Waals surface area contributed by atoms with E-state index in [0.717, 1.165) is 4.90 Å². The van der Waals surface area contributed by atoms with Gasteiger partial charge < -0.3 is 10.6 Å². The number of imide groups is 1. The van der Waals surface area contributed by atoms with E-state index in [0.29, 0.717) is 23.4 Å². The van der Waals surface area contributed by atoms with E-state index < -0.39 is 16.7 Å². The lowest BCUT2D eigenvalue weighted by atomic mass is 10.1. The maximum Gasteiger partial charge on any atom is 0.292 e. The minimum absolute atomic E-state index is 0.00420. The Labute approximate surface area is 160 Å². The third-order valence-corrected chi connectivity index (χ3v) is 4.30. The Hall–Kier alpha value is -3.75. The van der Waals surface area contributed by atoms with Crippen LogP contribution in [0.4, 0.5) is 11.4 Å². The largest absolute Gasteiger partial charge is 0.378 e. The van der Waals surface area contributed by atoms with Crippen molar-refractivity contribution in [2.45, 2.75) is 6.42 Å². The molecule has 0 atom stereocenters. The lowest BCUT2D eigenvalue weighted by molar-refractivity contribution is -0.384. The molecule has 1 aliphatic heterocycles. The quantitative estimate of drug-likeness (QED) is 0.311. The average molecular weight is 382 g/mol. The van der Waals surface area contributed by atoms with Crippen LogP contribution < -0.4 is 10.6 Å². The summed E-state index contributed by atoms with van der Waals surface area (Å²) in [7, 11) is 0. The zero-order valence-corrected chi connectivity index (χ0v) is 14.9. The van der Waals surface area contributed by atoms with E-state index in [2.05, 4.69) is 10.6 Å². The zero-order chi connectivity index (χ0) is 20.1. The molecule has 2 aromatic carbocycles. The highest BCUT2D eigenvalue weighted by atomic mass is 16.6.